The van der Waals surface area contributed by atoms with Crippen LogP contribution in [0.25, 0.3) is 0 Å². The van der Waals surface area contributed by atoms with Crippen LogP contribution in [0.1, 0.15) is 57.4 Å². The van der Waals surface area contributed by atoms with Crippen molar-refractivity contribution in [2.24, 2.45) is 5.92 Å². The zero-order valence-electron chi connectivity index (χ0n) is 20.6. The van der Waals surface area contributed by atoms with Gasteiger partial charge in [0.25, 0.3) is 0 Å². The van der Waals surface area contributed by atoms with Gasteiger partial charge in [-0.2, -0.15) is 0 Å². The maximum Gasteiger partial charge on any atom is 0.328 e. The zero-order valence-corrected chi connectivity index (χ0v) is 20.6. The van der Waals surface area contributed by atoms with Crippen molar-refractivity contribution in [3.63, 3.8) is 0 Å². The van der Waals surface area contributed by atoms with Crippen LogP contribution in [0.15, 0.2) is 30.3 Å². The van der Waals surface area contributed by atoms with Crippen molar-refractivity contribution in [2.45, 2.75) is 82.5 Å². The fraction of sp³-hybridized carbons (Fsp3) is 0.640. The number of ether oxygens (including phenoxy) is 1. The fourth-order valence-corrected chi connectivity index (χ4v) is 5.29. The second-order valence-corrected chi connectivity index (χ2v) is 9.52. The molecule has 0 aromatic heterocycles. The molecule has 2 fully saturated rings. The van der Waals surface area contributed by atoms with E-state index in [1.807, 2.05) is 30.3 Å². The first-order valence-corrected chi connectivity index (χ1v) is 12.6. The Hall–Kier alpha value is -2.57. The van der Waals surface area contributed by atoms with Crippen molar-refractivity contribution in [3.05, 3.63) is 35.9 Å². The van der Waals surface area contributed by atoms with Crippen LogP contribution in [-0.4, -0.2) is 81.0 Å². The lowest BCUT2D eigenvalue weighted by molar-refractivity contribution is -0.492. The van der Waals surface area contributed by atoms with Crippen LogP contribution in [0.5, 0.6) is 0 Å². The van der Waals surface area contributed by atoms with Crippen LogP contribution in [0.3, 0.4) is 0 Å². The number of rotatable bonds is 13. The van der Waals surface area contributed by atoms with Crippen molar-refractivity contribution in [1.82, 2.24) is 15.6 Å². The largest absolute Gasteiger partial charge is 0.480 e. The Kier molecular flexibility index (Phi) is 10.6. The first-order chi connectivity index (χ1) is 17.3. The number of carbonyl (C=O) groups excluding carboxylic acids is 2. The average molecular weight is 508 g/mol. The number of carbonyl (C=O) groups is 3. The number of esters is 1. The number of hydrogen-bond acceptors (Lipinski definition) is 9. The first-order valence-electron chi connectivity index (χ1n) is 12.6. The summed E-state index contributed by atoms with van der Waals surface area (Å²) in [5.74, 6) is -1.61. The van der Waals surface area contributed by atoms with Gasteiger partial charge < -0.3 is 14.7 Å². The van der Waals surface area contributed by atoms with Crippen LogP contribution < -0.4 is 5.32 Å². The van der Waals surface area contributed by atoms with E-state index in [1.165, 1.54) is 0 Å². The molecule has 3 rings (SSSR count). The number of fused-ring (bicyclic) bond motifs is 1. The van der Waals surface area contributed by atoms with Gasteiger partial charge in [0, 0.05) is 12.5 Å². The van der Waals surface area contributed by atoms with Gasteiger partial charge in [0.15, 0.2) is 0 Å². The maximum atomic E-state index is 13.6. The molecular formula is C25H37N3O8. The summed E-state index contributed by atoms with van der Waals surface area (Å²) in [6.07, 6.45) is 5.42. The minimum absolute atomic E-state index is 0.00884. The summed E-state index contributed by atoms with van der Waals surface area (Å²) in [5, 5.41) is 29.4. The Balaban J connectivity index is 1.62. The minimum atomic E-state index is -1.02. The average Bonchev–Trinajstić information content (AvgIpc) is 3.25. The number of likely N-dealkylation sites (tertiary alicyclic amines) is 1. The molecule has 1 amide bonds. The molecule has 1 aromatic rings. The fourth-order valence-electron chi connectivity index (χ4n) is 5.29. The normalized spacial score (nSPS) is 23.2. The monoisotopic (exact) mass is 507 g/mol. The number of carboxylic acids is 1. The second kappa shape index (κ2) is 13.7. The van der Waals surface area contributed by atoms with Crippen molar-refractivity contribution < 1.29 is 39.5 Å². The Morgan fingerprint density at radius 2 is 1.86 bits per heavy atom. The van der Waals surface area contributed by atoms with Crippen molar-refractivity contribution in [3.8, 4) is 0 Å². The number of nitrogens with zero attached hydrogens (tertiary/aromatic N) is 2. The van der Waals surface area contributed by atoms with Gasteiger partial charge in [0.1, 0.15) is 12.1 Å². The summed E-state index contributed by atoms with van der Waals surface area (Å²) in [6, 6.07) is 7.09. The predicted octanol–water partition coefficient (Wildman–Crippen LogP) is 2.16. The van der Waals surface area contributed by atoms with Crippen molar-refractivity contribution in [1.29, 1.82) is 0 Å². The Morgan fingerprint density at radius 1 is 1.14 bits per heavy atom. The smallest absolute Gasteiger partial charge is 0.328 e. The lowest BCUT2D eigenvalue weighted by atomic mass is 9.84. The van der Waals surface area contributed by atoms with Crippen molar-refractivity contribution in [2.75, 3.05) is 13.2 Å². The summed E-state index contributed by atoms with van der Waals surface area (Å²) in [4.78, 5) is 44.5. The van der Waals surface area contributed by atoms with Gasteiger partial charge in [-0.3, -0.25) is 30.2 Å². The van der Waals surface area contributed by atoms with Crippen molar-refractivity contribution >= 4 is 17.8 Å². The number of aryl methyl sites for hydroxylation is 1. The van der Waals surface area contributed by atoms with E-state index in [9.17, 15) is 19.5 Å². The molecule has 0 radical (unpaired) electrons. The molecule has 1 aliphatic heterocycles. The molecule has 36 heavy (non-hydrogen) atoms. The molecule has 1 heterocycles. The van der Waals surface area contributed by atoms with Gasteiger partial charge in [-0.25, -0.2) is 4.79 Å². The molecule has 11 heteroatoms. The third kappa shape index (κ3) is 7.71. The van der Waals surface area contributed by atoms with E-state index in [0.717, 1.165) is 31.2 Å². The van der Waals surface area contributed by atoms with Gasteiger partial charge >= 0.3 is 11.9 Å². The summed E-state index contributed by atoms with van der Waals surface area (Å²) >= 11 is 0. The molecule has 2 aliphatic rings. The lowest BCUT2D eigenvalue weighted by Gasteiger charge is -2.35. The highest BCUT2D eigenvalue weighted by atomic mass is 17.1. The van der Waals surface area contributed by atoms with E-state index in [0.29, 0.717) is 19.3 Å². The highest BCUT2D eigenvalue weighted by Gasteiger charge is 2.49. The third-order valence-corrected chi connectivity index (χ3v) is 7.04. The van der Waals surface area contributed by atoms with Crippen LogP contribution in [0, 0.1) is 5.92 Å². The number of amides is 1. The summed E-state index contributed by atoms with van der Waals surface area (Å²) < 4.78 is 5.37. The summed E-state index contributed by atoms with van der Waals surface area (Å²) in [5.41, 5.74) is 1.02. The SMILES string of the molecule is CC(NC(CCc1ccccc1)C(=O)O)C(=O)N1C(C(=O)OCCCON(O)O)CC2CCCCC21. The van der Waals surface area contributed by atoms with Gasteiger partial charge in [0.05, 0.1) is 24.6 Å². The van der Waals surface area contributed by atoms with E-state index in [2.05, 4.69) is 10.2 Å². The van der Waals surface area contributed by atoms with Crippen LogP contribution in [0.4, 0.5) is 0 Å². The number of nitrogens with one attached hydrogen (secondary N) is 1. The third-order valence-electron chi connectivity index (χ3n) is 7.04. The van der Waals surface area contributed by atoms with Crippen LogP contribution in [0.2, 0.25) is 0 Å². The van der Waals surface area contributed by atoms with E-state index >= 15 is 0 Å². The van der Waals surface area contributed by atoms with Gasteiger partial charge in [0.2, 0.25) is 5.91 Å². The lowest BCUT2D eigenvalue weighted by Crippen LogP contribution is -2.55. The second-order valence-electron chi connectivity index (χ2n) is 9.52. The summed E-state index contributed by atoms with van der Waals surface area (Å²) in [7, 11) is 0. The summed E-state index contributed by atoms with van der Waals surface area (Å²) in [6.45, 7) is 1.60. The number of aliphatic carboxylic acids is 1. The van der Waals surface area contributed by atoms with Crippen LogP contribution >= 0.6 is 0 Å². The minimum Gasteiger partial charge on any atom is -0.480 e. The Labute approximate surface area is 210 Å². The molecule has 1 aliphatic carbocycles. The van der Waals surface area contributed by atoms with Crippen LogP contribution in [-0.2, 0) is 30.4 Å². The van der Waals surface area contributed by atoms with E-state index < -0.39 is 35.5 Å². The molecule has 5 atom stereocenters. The molecule has 11 nitrogen and oxygen atoms in total. The molecule has 0 bridgehead atoms. The zero-order chi connectivity index (χ0) is 26.1. The number of carboxylic acid groups (broad SMARTS) is 1. The molecule has 0 spiro atoms. The van der Waals surface area contributed by atoms with Gasteiger partial charge in [-0.1, -0.05) is 43.2 Å². The molecule has 1 aromatic carbocycles. The van der Waals surface area contributed by atoms with E-state index in [1.54, 1.807) is 11.8 Å². The van der Waals surface area contributed by atoms with Gasteiger partial charge in [-0.05, 0) is 50.5 Å². The van der Waals surface area contributed by atoms with E-state index in [-0.39, 0.29) is 37.5 Å². The molecule has 5 unspecified atom stereocenters. The maximum absolute atomic E-state index is 13.6. The molecule has 1 saturated heterocycles. The standard InChI is InChI=1S/C25H37N3O8/c1-17(26-20(24(30)31)13-12-18-8-3-2-4-9-18)23(29)27-21-11-6-5-10-19(21)16-22(27)25(32)35-14-7-15-36-28(33)34/h2-4,8-9,17,19-22,26,33-34H,5-7,10-16H2,1H3,(H,30,31). The topological polar surface area (TPSA) is 149 Å². The highest BCUT2D eigenvalue weighted by molar-refractivity contribution is 5.89. The quantitative estimate of drug-likeness (QED) is 0.178. The molecule has 1 saturated carbocycles. The Morgan fingerprint density at radius 3 is 2.56 bits per heavy atom. The van der Waals surface area contributed by atoms with E-state index in [4.69, 9.17) is 15.2 Å². The number of benzene rings is 1. The number of hydrogen-bond donors (Lipinski definition) is 4. The first kappa shape index (κ1) is 28.0. The molecule has 200 valence electrons. The molecule has 4 N–H and O–H groups in total. The Bertz CT molecular complexity index is 868. The highest BCUT2D eigenvalue weighted by Crippen LogP contribution is 2.40. The van der Waals surface area contributed by atoms with Gasteiger partial charge in [-0.15, -0.1) is 0 Å². The molecular weight excluding hydrogens is 470 g/mol. The predicted molar refractivity (Wildman–Crippen MR) is 127 cm³/mol.